The van der Waals surface area contributed by atoms with Crippen LogP contribution in [0.1, 0.15) is 38.4 Å². The Morgan fingerprint density at radius 2 is 1.86 bits per heavy atom. The first-order chi connectivity index (χ1) is 6.61. The Morgan fingerprint density at radius 1 is 1.21 bits per heavy atom. The number of hydrogen-bond donors (Lipinski definition) is 2. The number of para-hydroxylation sites is 1. The summed E-state index contributed by atoms with van der Waals surface area (Å²) in [4.78, 5) is 0. The van der Waals surface area contributed by atoms with Crippen LogP contribution >= 0.6 is 0 Å². The van der Waals surface area contributed by atoms with E-state index in [1.165, 1.54) is 0 Å². The summed E-state index contributed by atoms with van der Waals surface area (Å²) >= 11 is 0. The molecule has 0 amide bonds. The van der Waals surface area contributed by atoms with Crippen molar-refractivity contribution < 1.29 is 5.11 Å². The molecular formula is C12H19NO. The van der Waals surface area contributed by atoms with E-state index in [-0.39, 0.29) is 0 Å². The maximum absolute atomic E-state index is 9.87. The minimum Gasteiger partial charge on any atom is -0.398 e. The standard InChI is InChI=1S/C12H19NO/c1-9(2)7-8-12(14)10-5-3-4-6-11(10)13/h3-6,9,12,14H,7-8,13H2,1-2H3. The Hall–Kier alpha value is -1.02. The lowest BCUT2D eigenvalue weighted by Gasteiger charge is -2.14. The van der Waals surface area contributed by atoms with Crippen molar-refractivity contribution in [2.45, 2.75) is 32.8 Å². The molecule has 78 valence electrons. The minimum atomic E-state index is -0.418. The number of rotatable bonds is 4. The lowest BCUT2D eigenvalue weighted by atomic mass is 9.99. The van der Waals surface area contributed by atoms with Gasteiger partial charge in [-0.25, -0.2) is 0 Å². The van der Waals surface area contributed by atoms with Gasteiger partial charge in [0.2, 0.25) is 0 Å². The Bertz CT molecular complexity index is 283. The molecule has 0 bridgehead atoms. The molecule has 0 spiro atoms. The van der Waals surface area contributed by atoms with Crippen LogP contribution in [0.3, 0.4) is 0 Å². The molecule has 3 N–H and O–H groups in total. The molecule has 0 saturated carbocycles. The summed E-state index contributed by atoms with van der Waals surface area (Å²) in [6.45, 7) is 4.31. The Kier molecular flexibility index (Phi) is 3.96. The molecular weight excluding hydrogens is 174 g/mol. The van der Waals surface area contributed by atoms with Crippen molar-refractivity contribution in [3.63, 3.8) is 0 Å². The molecule has 0 aliphatic rings. The predicted octanol–water partition coefficient (Wildman–Crippen LogP) is 2.74. The fourth-order valence-electron chi connectivity index (χ4n) is 1.46. The quantitative estimate of drug-likeness (QED) is 0.722. The molecule has 1 unspecified atom stereocenters. The maximum atomic E-state index is 9.87. The van der Waals surface area contributed by atoms with Gasteiger partial charge in [-0.05, 0) is 24.8 Å². The van der Waals surface area contributed by atoms with Crippen LogP contribution in [0.5, 0.6) is 0 Å². The highest BCUT2D eigenvalue weighted by Gasteiger charge is 2.10. The number of nitrogens with two attached hydrogens (primary N) is 1. The first-order valence-corrected chi connectivity index (χ1v) is 5.13. The zero-order chi connectivity index (χ0) is 10.6. The van der Waals surface area contributed by atoms with Crippen molar-refractivity contribution in [3.8, 4) is 0 Å². The van der Waals surface area contributed by atoms with E-state index in [9.17, 15) is 5.11 Å². The molecule has 0 saturated heterocycles. The number of aliphatic hydroxyl groups excluding tert-OH is 1. The SMILES string of the molecule is CC(C)CCC(O)c1ccccc1N. The fourth-order valence-corrected chi connectivity index (χ4v) is 1.46. The van der Waals surface area contributed by atoms with E-state index in [1.807, 2.05) is 24.3 Å². The number of nitrogen functional groups attached to an aromatic ring is 1. The summed E-state index contributed by atoms with van der Waals surface area (Å²) in [5.74, 6) is 0.620. The molecule has 1 aromatic rings. The third kappa shape index (κ3) is 3.04. The van der Waals surface area contributed by atoms with Crippen molar-refractivity contribution >= 4 is 5.69 Å². The van der Waals surface area contributed by atoms with Crippen LogP contribution in [0.15, 0.2) is 24.3 Å². The molecule has 14 heavy (non-hydrogen) atoms. The summed E-state index contributed by atoms with van der Waals surface area (Å²) < 4.78 is 0. The molecule has 2 nitrogen and oxygen atoms in total. The van der Waals surface area contributed by atoms with Crippen LogP contribution in [-0.4, -0.2) is 5.11 Å². The minimum absolute atomic E-state index is 0.418. The van der Waals surface area contributed by atoms with Crippen molar-refractivity contribution in [3.05, 3.63) is 29.8 Å². The number of aliphatic hydroxyl groups is 1. The van der Waals surface area contributed by atoms with Crippen LogP contribution < -0.4 is 5.73 Å². The average Bonchev–Trinajstić information content (AvgIpc) is 2.15. The van der Waals surface area contributed by atoms with Crippen LogP contribution in [-0.2, 0) is 0 Å². The molecule has 0 aliphatic heterocycles. The van der Waals surface area contributed by atoms with Gasteiger partial charge in [0.25, 0.3) is 0 Å². The van der Waals surface area contributed by atoms with Gasteiger partial charge in [-0.3, -0.25) is 0 Å². The van der Waals surface area contributed by atoms with Crippen LogP contribution in [0, 0.1) is 5.92 Å². The van der Waals surface area contributed by atoms with Gasteiger partial charge >= 0.3 is 0 Å². The first-order valence-electron chi connectivity index (χ1n) is 5.13. The second kappa shape index (κ2) is 5.01. The molecule has 0 aromatic heterocycles. The zero-order valence-electron chi connectivity index (χ0n) is 8.90. The molecule has 0 radical (unpaired) electrons. The average molecular weight is 193 g/mol. The third-order valence-corrected chi connectivity index (χ3v) is 2.37. The first kappa shape index (κ1) is 11.1. The van der Waals surface area contributed by atoms with E-state index in [0.29, 0.717) is 11.6 Å². The Balaban J connectivity index is 2.60. The van der Waals surface area contributed by atoms with E-state index in [1.54, 1.807) is 0 Å². The molecule has 1 atom stereocenters. The van der Waals surface area contributed by atoms with Gasteiger partial charge in [0, 0.05) is 11.3 Å². The van der Waals surface area contributed by atoms with E-state index >= 15 is 0 Å². The molecule has 0 fully saturated rings. The number of anilines is 1. The van der Waals surface area contributed by atoms with Gasteiger partial charge in [-0.1, -0.05) is 32.0 Å². The number of benzene rings is 1. The van der Waals surface area contributed by atoms with E-state index in [4.69, 9.17) is 5.73 Å². The highest BCUT2D eigenvalue weighted by molar-refractivity contribution is 5.47. The molecule has 1 rings (SSSR count). The van der Waals surface area contributed by atoms with Crippen molar-refractivity contribution in [1.82, 2.24) is 0 Å². The third-order valence-electron chi connectivity index (χ3n) is 2.37. The van der Waals surface area contributed by atoms with Crippen molar-refractivity contribution in [2.24, 2.45) is 5.92 Å². The van der Waals surface area contributed by atoms with Gasteiger partial charge in [0.05, 0.1) is 6.10 Å². The van der Waals surface area contributed by atoms with Gasteiger partial charge in [-0.15, -0.1) is 0 Å². The summed E-state index contributed by atoms with van der Waals surface area (Å²) in [7, 11) is 0. The second-order valence-corrected chi connectivity index (χ2v) is 4.12. The Labute approximate surface area is 85.8 Å². The van der Waals surface area contributed by atoms with Gasteiger partial charge in [0.15, 0.2) is 0 Å². The summed E-state index contributed by atoms with van der Waals surface area (Å²) in [6, 6.07) is 7.51. The van der Waals surface area contributed by atoms with Crippen LogP contribution in [0.2, 0.25) is 0 Å². The normalized spacial score (nSPS) is 13.1. The van der Waals surface area contributed by atoms with E-state index in [2.05, 4.69) is 13.8 Å². The highest BCUT2D eigenvalue weighted by atomic mass is 16.3. The molecule has 0 aliphatic carbocycles. The lowest BCUT2D eigenvalue weighted by Crippen LogP contribution is -2.03. The predicted molar refractivity (Wildman–Crippen MR) is 59.9 cm³/mol. The van der Waals surface area contributed by atoms with Crippen LogP contribution in [0.4, 0.5) is 5.69 Å². The molecule has 2 heteroatoms. The lowest BCUT2D eigenvalue weighted by molar-refractivity contribution is 0.160. The Morgan fingerprint density at radius 3 is 2.43 bits per heavy atom. The largest absolute Gasteiger partial charge is 0.398 e. The smallest absolute Gasteiger partial charge is 0.0810 e. The van der Waals surface area contributed by atoms with Crippen molar-refractivity contribution in [2.75, 3.05) is 5.73 Å². The van der Waals surface area contributed by atoms with E-state index in [0.717, 1.165) is 18.4 Å². The second-order valence-electron chi connectivity index (χ2n) is 4.12. The van der Waals surface area contributed by atoms with Crippen molar-refractivity contribution in [1.29, 1.82) is 0 Å². The van der Waals surface area contributed by atoms with Gasteiger partial charge < -0.3 is 10.8 Å². The van der Waals surface area contributed by atoms with Gasteiger partial charge in [0.1, 0.15) is 0 Å². The molecule has 1 aromatic carbocycles. The van der Waals surface area contributed by atoms with E-state index < -0.39 is 6.10 Å². The number of hydrogen-bond acceptors (Lipinski definition) is 2. The van der Waals surface area contributed by atoms with Crippen LogP contribution in [0.25, 0.3) is 0 Å². The molecule has 0 heterocycles. The summed E-state index contributed by atoms with van der Waals surface area (Å²) in [6.07, 6.45) is 1.39. The monoisotopic (exact) mass is 193 g/mol. The van der Waals surface area contributed by atoms with Gasteiger partial charge in [-0.2, -0.15) is 0 Å². The highest BCUT2D eigenvalue weighted by Crippen LogP contribution is 2.24. The topological polar surface area (TPSA) is 46.2 Å². The fraction of sp³-hybridized carbons (Fsp3) is 0.500. The summed E-state index contributed by atoms with van der Waals surface area (Å²) in [5.41, 5.74) is 7.31. The summed E-state index contributed by atoms with van der Waals surface area (Å²) in [5, 5.41) is 9.87. The maximum Gasteiger partial charge on any atom is 0.0810 e. The zero-order valence-corrected chi connectivity index (χ0v) is 8.90.